The lowest BCUT2D eigenvalue weighted by atomic mass is 9.88. The summed E-state index contributed by atoms with van der Waals surface area (Å²) in [5.74, 6) is 7.39. The number of aryl methyl sites for hydroxylation is 19. The summed E-state index contributed by atoms with van der Waals surface area (Å²) in [5, 5.41) is 0. The molecule has 139 heavy (non-hydrogen) atoms. The van der Waals surface area contributed by atoms with E-state index in [1.807, 2.05) is 36.4 Å². The van der Waals surface area contributed by atoms with Gasteiger partial charge in [0.25, 0.3) is 0 Å². The number of rotatable bonds is 30. The Labute approximate surface area is 828 Å². The molecule has 15 aromatic rings. The van der Waals surface area contributed by atoms with Gasteiger partial charge in [-0.15, -0.1) is 0 Å². The summed E-state index contributed by atoms with van der Waals surface area (Å²) in [6, 6.07) is 116. The highest BCUT2D eigenvalue weighted by atomic mass is 16.5. The number of para-hydroxylation sites is 1. The lowest BCUT2D eigenvalue weighted by molar-refractivity contribution is 0.351. The fraction of sp³-hybridized carbons (Fsp3) is 0.273. The van der Waals surface area contributed by atoms with Crippen LogP contribution < -0.4 is 33.2 Å². The molecule has 0 N–H and O–H groups in total. The molecule has 0 radical (unpaired) electrons. The van der Waals surface area contributed by atoms with E-state index in [4.69, 9.17) is 33.2 Å². The molecule has 20 rings (SSSR count). The molecule has 2 unspecified atom stereocenters. The van der Waals surface area contributed by atoms with Crippen LogP contribution in [0.1, 0.15) is 204 Å². The van der Waals surface area contributed by atoms with E-state index in [2.05, 4.69) is 338 Å². The summed E-state index contributed by atoms with van der Waals surface area (Å²) in [4.78, 5) is 0. The van der Waals surface area contributed by atoms with Crippen LogP contribution in [-0.4, -0.2) is 49.8 Å². The van der Waals surface area contributed by atoms with E-state index in [9.17, 15) is 0 Å². The fourth-order valence-electron chi connectivity index (χ4n) is 21.3. The van der Waals surface area contributed by atoms with Gasteiger partial charge >= 0.3 is 0 Å². The summed E-state index contributed by atoms with van der Waals surface area (Å²) in [7, 11) is 12.1. The number of allylic oxidation sites excluding steroid dienone is 4. The highest BCUT2D eigenvalue weighted by Crippen LogP contribution is 2.46. The highest BCUT2D eigenvalue weighted by molar-refractivity contribution is 5.89. The van der Waals surface area contributed by atoms with Gasteiger partial charge in [-0.3, -0.25) is 0 Å². The molecule has 5 aliphatic rings. The van der Waals surface area contributed by atoms with Gasteiger partial charge in [0.05, 0.1) is 49.8 Å². The van der Waals surface area contributed by atoms with Crippen molar-refractivity contribution in [3.8, 4) is 40.2 Å². The Balaban J connectivity index is 0.000000125. The van der Waals surface area contributed by atoms with Crippen LogP contribution >= 0.6 is 0 Å². The van der Waals surface area contributed by atoms with Crippen LogP contribution in [0.3, 0.4) is 0 Å². The zero-order valence-corrected chi connectivity index (χ0v) is 83.9. The van der Waals surface area contributed by atoms with Gasteiger partial charge in [0.15, 0.2) is 11.5 Å². The van der Waals surface area contributed by atoms with Crippen molar-refractivity contribution in [2.45, 2.75) is 188 Å². The smallest absolute Gasteiger partial charge is 0.163 e. The Morgan fingerprint density at radius 1 is 0.259 bits per heavy atom. The second kappa shape index (κ2) is 48.4. The Morgan fingerprint density at radius 3 is 1.09 bits per heavy atom. The summed E-state index contributed by atoms with van der Waals surface area (Å²) < 4.78 is 38.4. The zero-order chi connectivity index (χ0) is 96.4. The number of methoxy groups -OCH3 is 7. The lowest BCUT2D eigenvalue weighted by Gasteiger charge is -2.19. The number of benzene rings is 15. The van der Waals surface area contributed by atoms with E-state index < -0.39 is 0 Å². The molecule has 7 nitrogen and oxygen atoms in total. The first-order valence-corrected chi connectivity index (χ1v) is 50.3. The minimum Gasteiger partial charge on any atom is -0.497 e. The van der Waals surface area contributed by atoms with Crippen molar-refractivity contribution in [2.24, 2.45) is 0 Å². The predicted molar refractivity (Wildman–Crippen MR) is 581 cm³/mol. The van der Waals surface area contributed by atoms with Crippen LogP contribution in [-0.2, 0) is 116 Å². The van der Waals surface area contributed by atoms with E-state index in [-0.39, 0.29) is 0 Å². The Kier molecular flexibility index (Phi) is 34.2. The molecule has 0 saturated carbocycles. The van der Waals surface area contributed by atoms with Gasteiger partial charge in [-0.25, -0.2) is 0 Å². The zero-order valence-electron chi connectivity index (χ0n) is 83.9. The largest absolute Gasteiger partial charge is 0.497 e. The number of hydrogen-bond donors (Lipinski definition) is 0. The third-order valence-corrected chi connectivity index (χ3v) is 28.8. The van der Waals surface area contributed by atoms with Gasteiger partial charge in [-0.05, 0) is 405 Å². The van der Waals surface area contributed by atoms with Crippen molar-refractivity contribution < 1.29 is 33.2 Å². The van der Waals surface area contributed by atoms with Gasteiger partial charge in [0.1, 0.15) is 28.7 Å². The third-order valence-electron chi connectivity index (χ3n) is 28.8. The van der Waals surface area contributed by atoms with Crippen LogP contribution in [0, 0.1) is 34.6 Å². The molecule has 7 heteroatoms. The second-order valence-corrected chi connectivity index (χ2v) is 38.3. The normalized spacial score (nSPS) is 14.4. The number of fused-ring (bicyclic) bond motifs is 5. The SMILES string of the molecule is COc1ccc(OC)c(/C=C2\CCc3cccc(CCc4ccc(C)cc4)c32)c1.COc1cccc(/C=C2\CCc3cccc(CCc4ccc(C)cc4)c32)c1.COc1cccc(CC2=CCc3cccc(CCc4ccc(C)cc4)c32)c1.COc1cccc(CC2CCc3cccc(CCc4ccc(C)cc4)c32)c1.COc1cccc(CC2CCc3cccc(CCc4ccc(C)cc4)c32)c1OC. The predicted octanol–water partition coefficient (Wildman–Crippen LogP) is 30.7. The van der Waals surface area contributed by atoms with Crippen molar-refractivity contribution in [2.75, 3.05) is 49.8 Å². The van der Waals surface area contributed by atoms with Crippen LogP contribution in [0.5, 0.6) is 40.2 Å². The van der Waals surface area contributed by atoms with Crippen molar-refractivity contribution in [1.29, 1.82) is 0 Å². The molecular weight excluding hydrogens is 1700 g/mol. The van der Waals surface area contributed by atoms with E-state index in [1.54, 1.807) is 72.0 Å². The highest BCUT2D eigenvalue weighted by Gasteiger charge is 2.30. The molecule has 0 saturated heterocycles. The average Bonchev–Trinajstić information content (AvgIpc) is 1.67. The van der Waals surface area contributed by atoms with Crippen molar-refractivity contribution >= 4 is 28.9 Å². The molecule has 5 aliphatic carbocycles. The summed E-state index contributed by atoms with van der Waals surface area (Å²) in [6.07, 6.45) is 31.3. The first kappa shape index (κ1) is 98.2. The summed E-state index contributed by atoms with van der Waals surface area (Å²) in [5.41, 5.74) is 46.7. The Bertz CT molecular complexity index is 6720. The van der Waals surface area contributed by atoms with Gasteiger partial charge < -0.3 is 33.2 Å². The van der Waals surface area contributed by atoms with E-state index in [1.165, 1.54) is 181 Å². The lowest BCUT2D eigenvalue weighted by Crippen LogP contribution is -2.06. The molecule has 0 amide bonds. The first-order valence-electron chi connectivity index (χ1n) is 50.3. The molecule has 0 heterocycles. The van der Waals surface area contributed by atoms with Gasteiger partial charge in [0, 0.05) is 5.56 Å². The van der Waals surface area contributed by atoms with Crippen LogP contribution in [0.15, 0.2) is 328 Å². The Hall–Kier alpha value is -13.9. The molecule has 0 spiro atoms. The molecule has 15 aromatic carbocycles. The monoisotopic (exact) mass is 1840 g/mol. The molecule has 708 valence electrons. The third kappa shape index (κ3) is 25.9. The van der Waals surface area contributed by atoms with Gasteiger partial charge in [-0.1, -0.05) is 301 Å². The van der Waals surface area contributed by atoms with Crippen molar-refractivity contribution in [3.63, 3.8) is 0 Å². The maximum absolute atomic E-state index is 5.69. The molecular formula is C132H138O7. The van der Waals surface area contributed by atoms with Gasteiger partial charge in [-0.2, -0.15) is 0 Å². The quantitative estimate of drug-likeness (QED) is 0.0444. The first-order chi connectivity index (χ1) is 68.0. The maximum atomic E-state index is 5.69. The van der Waals surface area contributed by atoms with Crippen LogP contribution in [0.25, 0.3) is 28.9 Å². The minimum absolute atomic E-state index is 0.542. The average molecular weight is 1840 g/mol. The summed E-state index contributed by atoms with van der Waals surface area (Å²) >= 11 is 0. The number of hydrogen-bond acceptors (Lipinski definition) is 7. The van der Waals surface area contributed by atoms with E-state index >= 15 is 0 Å². The van der Waals surface area contributed by atoms with Crippen molar-refractivity contribution in [3.05, 3.63) is 494 Å². The van der Waals surface area contributed by atoms with Crippen LogP contribution in [0.4, 0.5) is 0 Å². The van der Waals surface area contributed by atoms with E-state index in [0.717, 1.165) is 161 Å². The molecule has 2 atom stereocenters. The Morgan fingerprint density at radius 2 is 0.633 bits per heavy atom. The molecule has 0 aromatic heterocycles. The molecule has 0 bridgehead atoms. The minimum atomic E-state index is 0.542. The summed E-state index contributed by atoms with van der Waals surface area (Å²) in [6.45, 7) is 10.7. The molecule has 0 fully saturated rings. The standard InChI is InChI=1S/C27H30O2.C27H28O2.C26H28O.2C26H26O/c1-19-10-12-20(13-11-19)14-15-21-6-4-7-22-16-17-23(26(21)22)18-24-8-5-9-25(28-2)27(24)29-3;1-19-7-9-20(10-8-19)11-12-21-5-4-6-22-13-14-23(27(21)22)17-24-18-25(28-2)15-16-26(24)29-3;3*1-19-9-11-20(12-10-19)13-14-22-6-4-7-23-15-16-24(26(22)23)17-21-5-3-8-25(18-21)27-2/h4-13,23H,14-18H2,1-3H3;4-10,15-18H,11-14H2,1-3H3;3-12,18,24H,13-17H2,1-2H3;3-12,17-18H,13-16H2,1-2H3;3-12,16,18H,13-15,17H2,1-2H3/b;23-17+;;24-17+;. The fourth-order valence-corrected chi connectivity index (χ4v) is 21.3. The van der Waals surface area contributed by atoms with Crippen LogP contribution in [0.2, 0.25) is 0 Å². The second-order valence-electron chi connectivity index (χ2n) is 38.3. The van der Waals surface area contributed by atoms with Gasteiger partial charge in [0.2, 0.25) is 0 Å². The molecule has 0 aliphatic heterocycles. The van der Waals surface area contributed by atoms with E-state index in [0.29, 0.717) is 11.8 Å². The van der Waals surface area contributed by atoms with Crippen molar-refractivity contribution in [1.82, 2.24) is 0 Å². The maximum Gasteiger partial charge on any atom is 0.163 e. The topological polar surface area (TPSA) is 64.6 Å². The number of ether oxygens (including phenoxy) is 7.